The Hall–Kier alpha value is -2.89. The zero-order valence-electron chi connectivity index (χ0n) is 12.7. The Balaban J connectivity index is 1.41. The maximum Gasteiger partial charge on any atom is 0.273 e. The van der Waals surface area contributed by atoms with Crippen LogP contribution < -0.4 is 10.1 Å². The van der Waals surface area contributed by atoms with Gasteiger partial charge in [-0.2, -0.15) is 0 Å². The van der Waals surface area contributed by atoms with E-state index in [2.05, 4.69) is 15.3 Å². The Kier molecular flexibility index (Phi) is 4.83. The van der Waals surface area contributed by atoms with E-state index in [0.717, 1.165) is 18.6 Å². The minimum atomic E-state index is -0.203. The Morgan fingerprint density at radius 3 is 2.70 bits per heavy atom. The molecule has 0 radical (unpaired) electrons. The number of ether oxygens (including phenoxy) is 1. The molecule has 2 aromatic heterocycles. The van der Waals surface area contributed by atoms with Crippen molar-refractivity contribution in [1.82, 2.24) is 19.7 Å². The number of benzene rings is 1. The number of nitrogens with one attached hydrogen (secondary N) is 1. The highest BCUT2D eigenvalue weighted by molar-refractivity contribution is 5.97. The van der Waals surface area contributed by atoms with Crippen molar-refractivity contribution in [3.8, 4) is 5.75 Å². The number of imidazole rings is 1. The topological polar surface area (TPSA) is 68.5 Å². The van der Waals surface area contributed by atoms with Crippen LogP contribution in [0, 0.1) is 0 Å². The number of fused-ring (bicyclic) bond motifs is 1. The third-order valence-corrected chi connectivity index (χ3v) is 3.40. The summed E-state index contributed by atoms with van der Waals surface area (Å²) in [7, 11) is 0. The summed E-state index contributed by atoms with van der Waals surface area (Å²) in [5.41, 5.74) is 0.912. The fourth-order valence-corrected chi connectivity index (χ4v) is 2.23. The summed E-state index contributed by atoms with van der Waals surface area (Å²) in [4.78, 5) is 20.4. The lowest BCUT2D eigenvalue weighted by molar-refractivity contribution is 0.0948. The first-order valence-electron chi connectivity index (χ1n) is 7.58. The standard InChI is InChI=1S/C17H18N4O2/c22-17(15-16-19-10-12-21(16)11-9-18-15)20-8-4-5-13-23-14-6-2-1-3-7-14/h1-3,6-7,9-12H,4-5,8,13H2,(H,20,22). The zero-order chi connectivity index (χ0) is 15.9. The molecule has 0 spiro atoms. The molecule has 1 N–H and O–H groups in total. The quantitative estimate of drug-likeness (QED) is 0.680. The van der Waals surface area contributed by atoms with Crippen LogP contribution >= 0.6 is 0 Å². The van der Waals surface area contributed by atoms with Crippen molar-refractivity contribution in [2.24, 2.45) is 0 Å². The van der Waals surface area contributed by atoms with Crippen molar-refractivity contribution in [2.75, 3.05) is 13.2 Å². The molecule has 3 aromatic rings. The van der Waals surface area contributed by atoms with E-state index in [1.807, 2.05) is 30.3 Å². The van der Waals surface area contributed by atoms with Gasteiger partial charge < -0.3 is 14.5 Å². The number of hydrogen-bond donors (Lipinski definition) is 1. The number of aromatic nitrogens is 3. The molecule has 0 saturated heterocycles. The number of carbonyl (C=O) groups is 1. The van der Waals surface area contributed by atoms with Crippen molar-refractivity contribution in [3.63, 3.8) is 0 Å². The number of amides is 1. The fourth-order valence-electron chi connectivity index (χ4n) is 2.23. The van der Waals surface area contributed by atoms with Gasteiger partial charge in [0.1, 0.15) is 5.75 Å². The minimum Gasteiger partial charge on any atom is -0.494 e. The molecule has 2 heterocycles. The number of carbonyl (C=O) groups excluding carboxylic acids is 1. The lowest BCUT2D eigenvalue weighted by Gasteiger charge is -2.07. The Labute approximate surface area is 134 Å². The second-order valence-electron chi connectivity index (χ2n) is 5.06. The van der Waals surface area contributed by atoms with Gasteiger partial charge in [-0.1, -0.05) is 18.2 Å². The van der Waals surface area contributed by atoms with Gasteiger partial charge >= 0.3 is 0 Å². The Morgan fingerprint density at radius 1 is 1.09 bits per heavy atom. The van der Waals surface area contributed by atoms with Gasteiger partial charge in [0.2, 0.25) is 0 Å². The van der Waals surface area contributed by atoms with Crippen molar-refractivity contribution in [2.45, 2.75) is 12.8 Å². The lowest BCUT2D eigenvalue weighted by atomic mass is 10.3. The number of para-hydroxylation sites is 1. The average molecular weight is 310 g/mol. The van der Waals surface area contributed by atoms with E-state index in [9.17, 15) is 4.79 Å². The summed E-state index contributed by atoms with van der Waals surface area (Å²) < 4.78 is 7.38. The molecule has 0 bridgehead atoms. The number of hydrogen-bond acceptors (Lipinski definition) is 4. The monoisotopic (exact) mass is 310 g/mol. The van der Waals surface area contributed by atoms with Gasteiger partial charge in [0.15, 0.2) is 11.3 Å². The highest BCUT2D eigenvalue weighted by atomic mass is 16.5. The third kappa shape index (κ3) is 3.85. The molecule has 6 nitrogen and oxygen atoms in total. The summed E-state index contributed by atoms with van der Waals surface area (Å²) in [6.07, 6.45) is 8.51. The summed E-state index contributed by atoms with van der Waals surface area (Å²) in [6.45, 7) is 1.22. The van der Waals surface area contributed by atoms with E-state index in [1.54, 1.807) is 29.2 Å². The molecular weight excluding hydrogens is 292 g/mol. The van der Waals surface area contributed by atoms with Crippen LogP contribution in [0.3, 0.4) is 0 Å². The van der Waals surface area contributed by atoms with Crippen LogP contribution in [0.2, 0.25) is 0 Å². The molecule has 118 valence electrons. The van der Waals surface area contributed by atoms with Crippen molar-refractivity contribution >= 4 is 11.6 Å². The van der Waals surface area contributed by atoms with Crippen LogP contribution in [0.1, 0.15) is 23.3 Å². The van der Waals surface area contributed by atoms with Gasteiger partial charge in [0.05, 0.1) is 6.61 Å². The Morgan fingerprint density at radius 2 is 1.87 bits per heavy atom. The molecular formula is C17H18N4O2. The molecule has 6 heteroatoms. The van der Waals surface area contributed by atoms with Crippen LogP contribution in [0.5, 0.6) is 5.75 Å². The molecule has 0 saturated carbocycles. The van der Waals surface area contributed by atoms with Gasteiger partial charge in [0, 0.05) is 31.3 Å². The third-order valence-electron chi connectivity index (χ3n) is 3.40. The SMILES string of the molecule is O=C(NCCCCOc1ccccc1)c1nccn2ccnc12. The van der Waals surface area contributed by atoms with E-state index in [4.69, 9.17) is 4.74 Å². The molecule has 0 atom stereocenters. The lowest BCUT2D eigenvalue weighted by Crippen LogP contribution is -2.26. The fraction of sp³-hybridized carbons (Fsp3) is 0.235. The minimum absolute atomic E-state index is 0.203. The first-order valence-corrected chi connectivity index (χ1v) is 7.58. The summed E-state index contributed by atoms with van der Waals surface area (Å²) in [5.74, 6) is 0.664. The van der Waals surface area contributed by atoms with Gasteiger partial charge in [-0.05, 0) is 25.0 Å². The first-order chi connectivity index (χ1) is 11.3. The summed E-state index contributed by atoms with van der Waals surface area (Å²) in [6, 6.07) is 9.70. The average Bonchev–Trinajstić information content (AvgIpc) is 3.07. The van der Waals surface area contributed by atoms with E-state index in [1.165, 1.54) is 0 Å². The maximum atomic E-state index is 12.2. The number of unbranched alkanes of at least 4 members (excludes halogenated alkanes) is 1. The zero-order valence-corrected chi connectivity index (χ0v) is 12.7. The molecule has 0 aliphatic carbocycles. The van der Waals surface area contributed by atoms with Crippen LogP contribution in [0.25, 0.3) is 5.65 Å². The molecule has 23 heavy (non-hydrogen) atoms. The van der Waals surface area contributed by atoms with Crippen LogP contribution in [-0.2, 0) is 0 Å². The van der Waals surface area contributed by atoms with Gasteiger partial charge in [-0.3, -0.25) is 4.79 Å². The predicted octanol–water partition coefficient (Wildman–Crippen LogP) is 2.32. The summed E-state index contributed by atoms with van der Waals surface area (Å²) >= 11 is 0. The maximum absolute atomic E-state index is 12.2. The largest absolute Gasteiger partial charge is 0.494 e. The van der Waals surface area contributed by atoms with Gasteiger partial charge in [-0.25, -0.2) is 9.97 Å². The molecule has 3 rings (SSSR count). The molecule has 1 aromatic carbocycles. The van der Waals surface area contributed by atoms with Crippen LogP contribution in [0.15, 0.2) is 55.1 Å². The van der Waals surface area contributed by atoms with Crippen molar-refractivity contribution in [3.05, 3.63) is 60.8 Å². The Bertz CT molecular complexity index is 770. The second-order valence-corrected chi connectivity index (χ2v) is 5.06. The highest BCUT2D eigenvalue weighted by Crippen LogP contribution is 2.09. The molecule has 0 unspecified atom stereocenters. The smallest absolute Gasteiger partial charge is 0.273 e. The van der Waals surface area contributed by atoms with E-state index < -0.39 is 0 Å². The van der Waals surface area contributed by atoms with Crippen molar-refractivity contribution < 1.29 is 9.53 Å². The first kappa shape index (κ1) is 15.0. The molecule has 0 aliphatic rings. The molecule has 0 fully saturated rings. The normalized spacial score (nSPS) is 10.6. The van der Waals surface area contributed by atoms with Crippen LogP contribution in [0.4, 0.5) is 0 Å². The van der Waals surface area contributed by atoms with E-state index in [0.29, 0.717) is 24.5 Å². The molecule has 0 aliphatic heterocycles. The second kappa shape index (κ2) is 7.40. The van der Waals surface area contributed by atoms with Gasteiger partial charge in [-0.15, -0.1) is 0 Å². The van der Waals surface area contributed by atoms with E-state index >= 15 is 0 Å². The van der Waals surface area contributed by atoms with Crippen molar-refractivity contribution in [1.29, 1.82) is 0 Å². The number of rotatable bonds is 7. The summed E-state index contributed by atoms with van der Waals surface area (Å²) in [5, 5.41) is 2.87. The van der Waals surface area contributed by atoms with E-state index in [-0.39, 0.29) is 5.91 Å². The predicted molar refractivity (Wildman–Crippen MR) is 86.5 cm³/mol. The highest BCUT2D eigenvalue weighted by Gasteiger charge is 2.12. The van der Waals surface area contributed by atoms with Crippen LogP contribution in [-0.4, -0.2) is 33.4 Å². The van der Waals surface area contributed by atoms with Gasteiger partial charge in [0.25, 0.3) is 5.91 Å². The molecule has 1 amide bonds. The number of nitrogens with zero attached hydrogens (tertiary/aromatic N) is 3.